The van der Waals surface area contributed by atoms with Gasteiger partial charge in [-0.2, -0.15) is 0 Å². The van der Waals surface area contributed by atoms with Crippen molar-refractivity contribution in [2.24, 2.45) is 10.7 Å². The van der Waals surface area contributed by atoms with Gasteiger partial charge in [0.05, 0.1) is 0 Å². The van der Waals surface area contributed by atoms with Crippen LogP contribution in [-0.2, 0) is 6.42 Å². The summed E-state index contributed by atoms with van der Waals surface area (Å²) in [5.74, 6) is -0.0176. The number of nitrogens with two attached hydrogens (primary N) is 1. The number of anilines is 1. The number of nitrogens with one attached hydrogen (secondary N) is 1. The molecule has 0 amide bonds. The summed E-state index contributed by atoms with van der Waals surface area (Å²) in [6, 6.07) is 12.4. The summed E-state index contributed by atoms with van der Waals surface area (Å²) in [5, 5.41) is 3.41. The summed E-state index contributed by atoms with van der Waals surface area (Å²) < 4.78 is 13.6. The Kier molecular flexibility index (Phi) is 5.17. The lowest BCUT2D eigenvalue weighted by molar-refractivity contribution is 0.610. The third-order valence-electron chi connectivity index (χ3n) is 3.00. The SMILES string of the molecule is Cc1cccc(NC(N)=NCCc2c(F)cccc2Cl)c1. The molecule has 110 valence electrons. The molecule has 0 bridgehead atoms. The molecule has 0 aliphatic carbocycles. The molecule has 0 fully saturated rings. The Morgan fingerprint density at radius 3 is 2.76 bits per heavy atom. The monoisotopic (exact) mass is 305 g/mol. The molecule has 2 aromatic rings. The van der Waals surface area contributed by atoms with Gasteiger partial charge in [-0.1, -0.05) is 29.8 Å². The summed E-state index contributed by atoms with van der Waals surface area (Å²) in [6.45, 7) is 2.37. The highest BCUT2D eigenvalue weighted by Crippen LogP contribution is 2.19. The van der Waals surface area contributed by atoms with Crippen LogP contribution in [0, 0.1) is 12.7 Å². The molecule has 0 aromatic heterocycles. The fourth-order valence-corrected chi connectivity index (χ4v) is 2.23. The van der Waals surface area contributed by atoms with Crippen LogP contribution in [0.25, 0.3) is 0 Å². The van der Waals surface area contributed by atoms with Crippen LogP contribution in [-0.4, -0.2) is 12.5 Å². The molecule has 0 saturated heterocycles. The Balaban J connectivity index is 1.95. The van der Waals surface area contributed by atoms with E-state index in [2.05, 4.69) is 10.3 Å². The maximum Gasteiger partial charge on any atom is 0.193 e. The van der Waals surface area contributed by atoms with Crippen molar-refractivity contribution in [1.82, 2.24) is 0 Å². The number of rotatable bonds is 4. The summed E-state index contributed by atoms with van der Waals surface area (Å²) in [7, 11) is 0. The molecule has 3 N–H and O–H groups in total. The summed E-state index contributed by atoms with van der Waals surface area (Å²) >= 11 is 5.96. The van der Waals surface area contributed by atoms with E-state index in [-0.39, 0.29) is 5.82 Å². The number of halogens is 2. The van der Waals surface area contributed by atoms with E-state index in [4.69, 9.17) is 17.3 Å². The number of nitrogens with zero attached hydrogens (tertiary/aromatic N) is 1. The molecule has 2 aromatic carbocycles. The first-order chi connectivity index (χ1) is 10.1. The molecule has 0 aliphatic heterocycles. The molecule has 21 heavy (non-hydrogen) atoms. The normalized spacial score (nSPS) is 11.5. The Hall–Kier alpha value is -2.07. The van der Waals surface area contributed by atoms with Crippen LogP contribution in [0.3, 0.4) is 0 Å². The lowest BCUT2D eigenvalue weighted by Crippen LogP contribution is -2.23. The van der Waals surface area contributed by atoms with E-state index in [1.807, 2.05) is 31.2 Å². The molecule has 0 saturated carbocycles. The van der Waals surface area contributed by atoms with E-state index in [0.717, 1.165) is 11.3 Å². The number of hydrogen-bond donors (Lipinski definition) is 2. The van der Waals surface area contributed by atoms with Crippen molar-refractivity contribution in [2.45, 2.75) is 13.3 Å². The minimum atomic E-state index is -0.317. The fourth-order valence-electron chi connectivity index (χ4n) is 1.97. The summed E-state index contributed by atoms with van der Waals surface area (Å²) in [4.78, 5) is 4.18. The molecular formula is C16H17ClFN3. The van der Waals surface area contributed by atoms with Gasteiger partial charge in [0.15, 0.2) is 5.96 Å². The Morgan fingerprint density at radius 2 is 2.05 bits per heavy atom. The Morgan fingerprint density at radius 1 is 1.29 bits per heavy atom. The number of benzene rings is 2. The van der Waals surface area contributed by atoms with Crippen LogP contribution in [0.1, 0.15) is 11.1 Å². The second kappa shape index (κ2) is 7.09. The van der Waals surface area contributed by atoms with Crippen molar-refractivity contribution < 1.29 is 4.39 Å². The van der Waals surface area contributed by atoms with Crippen molar-refractivity contribution in [2.75, 3.05) is 11.9 Å². The van der Waals surface area contributed by atoms with Crippen LogP contribution >= 0.6 is 11.6 Å². The molecule has 0 unspecified atom stereocenters. The van der Waals surface area contributed by atoms with Gasteiger partial charge in [0.2, 0.25) is 0 Å². The Bertz CT molecular complexity index is 635. The lowest BCUT2D eigenvalue weighted by Gasteiger charge is -2.07. The van der Waals surface area contributed by atoms with Gasteiger partial charge in [-0.25, -0.2) is 4.39 Å². The van der Waals surface area contributed by atoms with E-state index in [0.29, 0.717) is 29.5 Å². The number of aliphatic imine (C=N–C) groups is 1. The van der Waals surface area contributed by atoms with E-state index < -0.39 is 0 Å². The van der Waals surface area contributed by atoms with Gasteiger partial charge >= 0.3 is 0 Å². The molecular weight excluding hydrogens is 289 g/mol. The van der Waals surface area contributed by atoms with Crippen molar-refractivity contribution in [1.29, 1.82) is 0 Å². The maximum atomic E-state index is 13.6. The van der Waals surface area contributed by atoms with Crippen molar-refractivity contribution in [3.05, 3.63) is 64.4 Å². The van der Waals surface area contributed by atoms with Gasteiger partial charge in [0.25, 0.3) is 0 Å². The van der Waals surface area contributed by atoms with Gasteiger partial charge in [-0.15, -0.1) is 0 Å². The summed E-state index contributed by atoms with van der Waals surface area (Å²) in [6.07, 6.45) is 0.404. The molecule has 0 heterocycles. The molecule has 0 spiro atoms. The predicted molar refractivity (Wildman–Crippen MR) is 86.4 cm³/mol. The highest BCUT2D eigenvalue weighted by atomic mass is 35.5. The first kappa shape index (κ1) is 15.3. The molecule has 2 rings (SSSR count). The average Bonchev–Trinajstić information content (AvgIpc) is 2.42. The molecule has 0 radical (unpaired) electrons. The van der Waals surface area contributed by atoms with Gasteiger partial charge in [0, 0.05) is 22.8 Å². The van der Waals surface area contributed by atoms with Crippen LogP contribution in [0.2, 0.25) is 5.02 Å². The second-order valence-corrected chi connectivity index (χ2v) is 5.12. The molecule has 0 atom stereocenters. The number of hydrogen-bond acceptors (Lipinski definition) is 1. The van der Waals surface area contributed by atoms with E-state index in [1.165, 1.54) is 6.07 Å². The standard InChI is InChI=1S/C16H17ClFN3/c1-11-4-2-5-12(10-11)21-16(19)20-9-8-13-14(17)6-3-7-15(13)18/h2-7,10H,8-9H2,1H3,(H3,19,20,21). The van der Waals surface area contributed by atoms with Gasteiger partial charge in [-0.3, -0.25) is 4.99 Å². The minimum Gasteiger partial charge on any atom is -0.370 e. The smallest absolute Gasteiger partial charge is 0.193 e. The second-order valence-electron chi connectivity index (χ2n) is 4.71. The summed E-state index contributed by atoms with van der Waals surface area (Å²) in [5.41, 5.74) is 8.28. The molecule has 5 heteroatoms. The maximum absolute atomic E-state index is 13.6. The zero-order valence-corrected chi connectivity index (χ0v) is 12.5. The van der Waals surface area contributed by atoms with Gasteiger partial charge < -0.3 is 11.1 Å². The van der Waals surface area contributed by atoms with Crippen molar-refractivity contribution in [3.63, 3.8) is 0 Å². The van der Waals surface area contributed by atoms with Crippen LogP contribution < -0.4 is 11.1 Å². The number of guanidine groups is 1. The first-order valence-corrected chi connectivity index (χ1v) is 7.00. The third-order valence-corrected chi connectivity index (χ3v) is 3.35. The predicted octanol–water partition coefficient (Wildman–Crippen LogP) is 3.76. The first-order valence-electron chi connectivity index (χ1n) is 6.63. The van der Waals surface area contributed by atoms with E-state index >= 15 is 0 Å². The highest BCUT2D eigenvalue weighted by Gasteiger charge is 2.05. The van der Waals surface area contributed by atoms with Gasteiger partial charge in [0.1, 0.15) is 5.82 Å². The zero-order valence-electron chi connectivity index (χ0n) is 11.7. The minimum absolute atomic E-state index is 0.299. The quantitative estimate of drug-likeness (QED) is 0.667. The van der Waals surface area contributed by atoms with Crippen molar-refractivity contribution in [3.8, 4) is 0 Å². The van der Waals surface area contributed by atoms with Crippen LogP contribution in [0.5, 0.6) is 0 Å². The van der Waals surface area contributed by atoms with Crippen molar-refractivity contribution >= 4 is 23.2 Å². The largest absolute Gasteiger partial charge is 0.370 e. The van der Waals surface area contributed by atoms with Crippen LogP contribution in [0.4, 0.5) is 10.1 Å². The van der Waals surface area contributed by atoms with E-state index in [9.17, 15) is 4.39 Å². The average molecular weight is 306 g/mol. The fraction of sp³-hybridized carbons (Fsp3) is 0.188. The van der Waals surface area contributed by atoms with E-state index in [1.54, 1.807) is 12.1 Å². The Labute approximate surface area is 128 Å². The van der Waals surface area contributed by atoms with Crippen LogP contribution in [0.15, 0.2) is 47.5 Å². The zero-order chi connectivity index (χ0) is 15.2. The third kappa shape index (κ3) is 4.46. The molecule has 0 aliphatic rings. The number of aryl methyl sites for hydroxylation is 1. The highest BCUT2D eigenvalue weighted by molar-refractivity contribution is 6.31. The lowest BCUT2D eigenvalue weighted by atomic mass is 10.1. The van der Waals surface area contributed by atoms with Gasteiger partial charge in [-0.05, 0) is 43.2 Å². The molecule has 3 nitrogen and oxygen atoms in total. The topological polar surface area (TPSA) is 50.4 Å².